The Hall–Kier alpha value is -4.47. The summed E-state index contributed by atoms with van der Waals surface area (Å²) in [6.45, 7) is 0. The molecule has 204 valence electrons. The fraction of sp³-hybridized carbons (Fsp3) is 0.130. The van der Waals surface area contributed by atoms with E-state index in [4.69, 9.17) is 0 Å². The monoisotopic (exact) mass is 560 g/mol. The summed E-state index contributed by atoms with van der Waals surface area (Å²) in [6.07, 6.45) is -14.8. The number of benzene rings is 3. The second kappa shape index (κ2) is 10.0. The van der Waals surface area contributed by atoms with Gasteiger partial charge in [-0.2, -0.15) is 44.7 Å². The molecule has 16 heteroatoms. The molecule has 1 aromatic heterocycles. The predicted octanol–water partition coefficient (Wildman–Crippen LogP) is 6.65. The van der Waals surface area contributed by atoms with Gasteiger partial charge in [-0.1, -0.05) is 18.2 Å². The number of hydroxylamine groups is 1. The van der Waals surface area contributed by atoms with Gasteiger partial charge >= 0.3 is 18.5 Å². The Bertz CT molecular complexity index is 1460. The summed E-state index contributed by atoms with van der Waals surface area (Å²) in [5, 5.41) is 22.7. The van der Waals surface area contributed by atoms with Crippen LogP contribution in [-0.4, -0.2) is 31.7 Å². The minimum absolute atomic E-state index is 0.0388. The minimum Gasteiger partial charge on any atom is -0.290 e. The number of rotatable bonds is 4. The van der Waals surface area contributed by atoms with Crippen molar-refractivity contribution in [2.45, 2.75) is 18.5 Å². The van der Waals surface area contributed by atoms with Crippen LogP contribution in [0.3, 0.4) is 0 Å². The third-order valence-corrected chi connectivity index (χ3v) is 5.33. The maximum atomic E-state index is 13.3. The van der Waals surface area contributed by atoms with Crippen LogP contribution in [0.2, 0.25) is 0 Å². The maximum Gasteiger partial charge on any atom is 0.416 e. The van der Waals surface area contributed by atoms with Crippen molar-refractivity contribution in [3.8, 4) is 22.5 Å². The molecule has 0 saturated heterocycles. The third-order valence-electron chi connectivity index (χ3n) is 5.33. The quantitative estimate of drug-likeness (QED) is 0.112. The summed E-state index contributed by atoms with van der Waals surface area (Å²) < 4.78 is 119. The molecule has 0 spiro atoms. The molecule has 39 heavy (non-hydrogen) atoms. The van der Waals surface area contributed by atoms with Gasteiger partial charge in [0.15, 0.2) is 5.84 Å². The summed E-state index contributed by atoms with van der Waals surface area (Å²) in [4.78, 5) is 3.98. The molecule has 0 aliphatic heterocycles. The van der Waals surface area contributed by atoms with Crippen LogP contribution in [0.25, 0.3) is 22.5 Å². The molecule has 0 unspecified atom stereocenters. The molecule has 4 aromatic rings. The first-order valence-corrected chi connectivity index (χ1v) is 10.5. The first kappa shape index (κ1) is 27.6. The van der Waals surface area contributed by atoms with E-state index in [9.17, 15) is 44.7 Å². The number of nitrogens with zero attached hydrogens (tertiary/aromatic N) is 4. The number of alkyl halides is 9. The molecule has 0 bridgehead atoms. The topological polar surface area (TPSA) is 99.1 Å². The SMILES string of the molecule is ONC(=Nc1ccc(-c2ccc(C(F)(F)F)cc2)cc1-c1nn[nH]n1)c1cc(C(F)(F)F)cc(C(F)(F)F)c1. The molecular weight excluding hydrogens is 547 g/mol. The van der Waals surface area contributed by atoms with Crippen molar-refractivity contribution in [2.75, 3.05) is 0 Å². The largest absolute Gasteiger partial charge is 0.416 e. The molecule has 0 aliphatic carbocycles. The summed E-state index contributed by atoms with van der Waals surface area (Å²) in [6, 6.07) is 8.76. The Morgan fingerprint density at radius 3 is 1.77 bits per heavy atom. The van der Waals surface area contributed by atoms with E-state index >= 15 is 0 Å². The number of hydrogen-bond donors (Lipinski definition) is 3. The highest BCUT2D eigenvalue weighted by Gasteiger charge is 2.37. The molecule has 1 heterocycles. The van der Waals surface area contributed by atoms with Gasteiger partial charge in [-0.05, 0) is 58.8 Å². The van der Waals surface area contributed by atoms with Crippen molar-refractivity contribution in [1.82, 2.24) is 26.1 Å². The molecule has 0 aliphatic rings. The van der Waals surface area contributed by atoms with E-state index in [2.05, 4.69) is 25.6 Å². The van der Waals surface area contributed by atoms with E-state index in [1.807, 2.05) is 0 Å². The molecule has 0 fully saturated rings. The first-order valence-electron chi connectivity index (χ1n) is 10.5. The zero-order chi connectivity index (χ0) is 28.6. The standard InChI is InChI=1S/C23H13F9N6O/c24-21(25,26)14-4-1-11(2-5-14)12-3-6-18(17(9-12)20-34-37-38-35-20)33-19(36-39)13-7-15(22(27,28)29)10-16(8-13)23(30,31)32/h1-10,39H,(H,33,36)(H,34,35,37,38). The molecule has 4 rings (SSSR count). The Kier molecular flexibility index (Phi) is 7.08. The number of aromatic amines is 1. The van der Waals surface area contributed by atoms with E-state index in [0.29, 0.717) is 23.3 Å². The maximum absolute atomic E-state index is 13.3. The van der Waals surface area contributed by atoms with Crippen molar-refractivity contribution in [3.05, 3.63) is 82.9 Å². The van der Waals surface area contributed by atoms with Crippen molar-refractivity contribution >= 4 is 11.5 Å². The molecule has 0 radical (unpaired) electrons. The van der Waals surface area contributed by atoms with E-state index in [1.54, 1.807) is 0 Å². The number of aliphatic imine (C=N–C) groups is 1. The lowest BCUT2D eigenvalue weighted by molar-refractivity contribution is -0.143. The highest BCUT2D eigenvalue weighted by Crippen LogP contribution is 2.38. The molecule has 3 N–H and O–H groups in total. The van der Waals surface area contributed by atoms with Gasteiger partial charge in [0.25, 0.3) is 0 Å². The summed E-state index contributed by atoms with van der Waals surface area (Å²) >= 11 is 0. The fourth-order valence-corrected chi connectivity index (χ4v) is 3.49. The number of hydrogen-bond acceptors (Lipinski definition) is 5. The van der Waals surface area contributed by atoms with Crippen molar-refractivity contribution < 1.29 is 44.7 Å². The fourth-order valence-electron chi connectivity index (χ4n) is 3.49. The minimum atomic E-state index is -5.14. The number of nitrogens with one attached hydrogen (secondary N) is 2. The number of aromatic nitrogens is 4. The van der Waals surface area contributed by atoms with Crippen LogP contribution in [0, 0.1) is 0 Å². The van der Waals surface area contributed by atoms with Gasteiger partial charge in [0, 0.05) is 11.1 Å². The summed E-state index contributed by atoms with van der Waals surface area (Å²) in [5.74, 6) is -0.890. The average Bonchev–Trinajstić information content (AvgIpc) is 3.40. The Morgan fingerprint density at radius 1 is 0.718 bits per heavy atom. The molecule has 0 amide bonds. The Morgan fingerprint density at radius 2 is 1.28 bits per heavy atom. The van der Waals surface area contributed by atoms with Crippen molar-refractivity contribution in [3.63, 3.8) is 0 Å². The molecule has 0 saturated carbocycles. The van der Waals surface area contributed by atoms with Gasteiger partial charge in [-0.3, -0.25) is 10.7 Å². The van der Waals surface area contributed by atoms with E-state index in [0.717, 1.165) is 12.1 Å². The van der Waals surface area contributed by atoms with E-state index < -0.39 is 46.6 Å². The Balaban J connectivity index is 1.84. The van der Waals surface area contributed by atoms with Gasteiger partial charge in [0.2, 0.25) is 5.82 Å². The van der Waals surface area contributed by atoms with Crippen molar-refractivity contribution in [2.24, 2.45) is 4.99 Å². The normalized spacial score (nSPS) is 13.0. The van der Waals surface area contributed by atoms with Crippen LogP contribution in [0.5, 0.6) is 0 Å². The lowest BCUT2D eigenvalue weighted by Gasteiger charge is -2.15. The third kappa shape index (κ3) is 6.17. The molecule has 0 atom stereocenters. The number of amidine groups is 1. The van der Waals surface area contributed by atoms with Crippen LogP contribution >= 0.6 is 0 Å². The zero-order valence-corrected chi connectivity index (χ0v) is 18.9. The summed E-state index contributed by atoms with van der Waals surface area (Å²) in [7, 11) is 0. The second-order valence-corrected chi connectivity index (χ2v) is 7.91. The second-order valence-electron chi connectivity index (χ2n) is 7.91. The van der Waals surface area contributed by atoms with Crippen LogP contribution in [0.4, 0.5) is 45.2 Å². The van der Waals surface area contributed by atoms with Gasteiger partial charge < -0.3 is 0 Å². The lowest BCUT2D eigenvalue weighted by Crippen LogP contribution is -2.22. The van der Waals surface area contributed by atoms with Crippen LogP contribution in [-0.2, 0) is 18.5 Å². The average molecular weight is 560 g/mol. The van der Waals surface area contributed by atoms with Crippen LogP contribution in [0.15, 0.2) is 65.7 Å². The predicted molar refractivity (Wildman–Crippen MR) is 118 cm³/mol. The number of H-pyrrole nitrogens is 1. The highest BCUT2D eigenvalue weighted by molar-refractivity contribution is 6.01. The van der Waals surface area contributed by atoms with Gasteiger partial charge in [0.1, 0.15) is 0 Å². The lowest BCUT2D eigenvalue weighted by atomic mass is 10.00. The highest BCUT2D eigenvalue weighted by atomic mass is 19.4. The Labute approximate surface area is 212 Å². The van der Waals surface area contributed by atoms with Crippen molar-refractivity contribution in [1.29, 1.82) is 0 Å². The number of halogens is 9. The zero-order valence-electron chi connectivity index (χ0n) is 18.9. The molecular formula is C23H13F9N6O. The van der Waals surface area contributed by atoms with E-state index in [-0.39, 0.29) is 23.1 Å². The molecule has 3 aromatic carbocycles. The summed E-state index contributed by atoms with van der Waals surface area (Å²) in [5.41, 5.74) is -2.80. The molecule has 7 nitrogen and oxygen atoms in total. The van der Waals surface area contributed by atoms with Crippen LogP contribution in [0.1, 0.15) is 22.3 Å². The number of tetrazole rings is 1. The first-order chi connectivity index (χ1) is 18.2. The van der Waals surface area contributed by atoms with Gasteiger partial charge in [0.05, 0.1) is 22.4 Å². The van der Waals surface area contributed by atoms with Gasteiger partial charge in [-0.15, -0.1) is 10.2 Å². The smallest absolute Gasteiger partial charge is 0.290 e. The van der Waals surface area contributed by atoms with Gasteiger partial charge in [-0.25, -0.2) is 4.99 Å². The van der Waals surface area contributed by atoms with E-state index in [1.165, 1.54) is 35.8 Å². The van der Waals surface area contributed by atoms with Crippen LogP contribution < -0.4 is 5.48 Å².